The van der Waals surface area contributed by atoms with Crippen LogP contribution in [-0.2, 0) is 4.79 Å². The van der Waals surface area contributed by atoms with E-state index in [1.807, 2.05) is 30.3 Å². The summed E-state index contributed by atoms with van der Waals surface area (Å²) in [6.45, 7) is 4.70. The molecule has 0 saturated carbocycles. The van der Waals surface area contributed by atoms with Gasteiger partial charge in [-0.3, -0.25) is 0 Å². The summed E-state index contributed by atoms with van der Waals surface area (Å²) in [5.41, 5.74) is 1.96. The maximum Gasteiger partial charge on any atom is 0.328 e. The average molecular weight is 370 g/mol. The Morgan fingerprint density at radius 1 is 0.889 bits per heavy atom. The quantitative estimate of drug-likeness (QED) is 0.190. The molecule has 0 saturated heterocycles. The summed E-state index contributed by atoms with van der Waals surface area (Å²) in [7, 11) is 0. The van der Waals surface area contributed by atoms with E-state index in [1.165, 1.54) is 44.9 Å². The molecule has 148 valence electrons. The molecule has 3 nitrogen and oxygen atoms in total. The molecule has 0 radical (unpaired) electrons. The zero-order valence-corrected chi connectivity index (χ0v) is 16.5. The lowest BCUT2D eigenvalue weighted by atomic mass is 10.1. The summed E-state index contributed by atoms with van der Waals surface area (Å²) in [6.07, 6.45) is 22.0. The number of aliphatic carboxylic acids is 1. The van der Waals surface area contributed by atoms with Gasteiger partial charge in [-0.15, -0.1) is 6.58 Å². The van der Waals surface area contributed by atoms with Gasteiger partial charge in [0.2, 0.25) is 0 Å². The maximum absolute atomic E-state index is 10.5. The molecular formula is C24H35NO2. The van der Waals surface area contributed by atoms with Crippen molar-refractivity contribution in [3.05, 3.63) is 60.7 Å². The summed E-state index contributed by atoms with van der Waals surface area (Å²) in [5, 5.41) is 12.0. The van der Waals surface area contributed by atoms with Gasteiger partial charge < -0.3 is 10.4 Å². The lowest BCUT2D eigenvalue weighted by Gasteiger charge is -2.05. The topological polar surface area (TPSA) is 49.3 Å². The number of carboxylic acid groups (broad SMARTS) is 1. The predicted octanol–water partition coefficient (Wildman–Crippen LogP) is 6.84. The standard InChI is InChI=1S/C24H35NO2/c1-2-3-4-5-6-7-8-9-10-11-12-13-14-21-25-23-18-15-22(16-19-23)17-20-24(26)27/h2,11-12,15-20,25H,1,3-10,13-14,21H2,(H,26,27). The Kier molecular flexibility index (Phi) is 13.4. The smallest absolute Gasteiger partial charge is 0.328 e. The van der Waals surface area contributed by atoms with Crippen LogP contribution >= 0.6 is 0 Å². The van der Waals surface area contributed by atoms with E-state index in [1.54, 1.807) is 6.08 Å². The third kappa shape index (κ3) is 13.6. The second-order valence-corrected chi connectivity index (χ2v) is 6.82. The minimum absolute atomic E-state index is 0.891. The molecule has 1 rings (SSSR count). The van der Waals surface area contributed by atoms with Gasteiger partial charge in [0.05, 0.1) is 0 Å². The van der Waals surface area contributed by atoms with Gasteiger partial charge in [0, 0.05) is 18.3 Å². The maximum atomic E-state index is 10.5. The molecule has 0 amide bonds. The molecule has 0 aromatic heterocycles. The number of allylic oxidation sites excluding steroid dienone is 3. The van der Waals surface area contributed by atoms with Crippen molar-refractivity contribution >= 4 is 17.7 Å². The molecule has 0 fully saturated rings. The molecule has 0 atom stereocenters. The molecule has 0 aliphatic heterocycles. The van der Waals surface area contributed by atoms with Gasteiger partial charge in [0.15, 0.2) is 0 Å². The first-order chi connectivity index (χ1) is 13.2. The molecule has 0 aliphatic rings. The van der Waals surface area contributed by atoms with Crippen LogP contribution in [0.2, 0.25) is 0 Å². The Balaban J connectivity index is 1.98. The van der Waals surface area contributed by atoms with Crippen molar-refractivity contribution in [2.24, 2.45) is 0 Å². The highest BCUT2D eigenvalue weighted by molar-refractivity contribution is 5.85. The largest absolute Gasteiger partial charge is 0.478 e. The van der Waals surface area contributed by atoms with Crippen LogP contribution in [0.25, 0.3) is 6.08 Å². The SMILES string of the molecule is C=CCCCCCCCCC=CCCCNc1ccc(C=CC(=O)O)cc1. The van der Waals surface area contributed by atoms with Crippen LogP contribution < -0.4 is 5.32 Å². The van der Waals surface area contributed by atoms with Crippen LogP contribution in [0.4, 0.5) is 5.69 Å². The van der Waals surface area contributed by atoms with E-state index in [9.17, 15) is 4.79 Å². The van der Waals surface area contributed by atoms with Gasteiger partial charge in [0.25, 0.3) is 0 Å². The van der Waals surface area contributed by atoms with E-state index in [0.717, 1.165) is 43.1 Å². The van der Waals surface area contributed by atoms with Gasteiger partial charge >= 0.3 is 5.97 Å². The number of carbonyl (C=O) groups is 1. The lowest BCUT2D eigenvalue weighted by molar-refractivity contribution is -0.131. The van der Waals surface area contributed by atoms with Gasteiger partial charge in [-0.25, -0.2) is 4.79 Å². The van der Waals surface area contributed by atoms with Crippen LogP contribution in [0.5, 0.6) is 0 Å². The van der Waals surface area contributed by atoms with Crippen molar-refractivity contribution in [1.82, 2.24) is 0 Å². The first kappa shape index (κ1) is 22.8. The zero-order chi connectivity index (χ0) is 19.6. The van der Waals surface area contributed by atoms with Crippen molar-refractivity contribution < 1.29 is 9.90 Å². The Labute approximate surface area is 164 Å². The zero-order valence-electron chi connectivity index (χ0n) is 16.5. The summed E-state index contributed by atoms with van der Waals surface area (Å²) in [4.78, 5) is 10.5. The highest BCUT2D eigenvalue weighted by Crippen LogP contribution is 2.11. The summed E-state index contributed by atoms with van der Waals surface area (Å²) in [6, 6.07) is 7.80. The van der Waals surface area contributed by atoms with E-state index in [4.69, 9.17) is 5.11 Å². The van der Waals surface area contributed by atoms with Crippen LogP contribution in [0.1, 0.15) is 69.8 Å². The number of unbranched alkanes of at least 4 members (excludes halogenated alkanes) is 8. The van der Waals surface area contributed by atoms with Crippen molar-refractivity contribution in [3.8, 4) is 0 Å². The van der Waals surface area contributed by atoms with E-state index < -0.39 is 5.97 Å². The number of benzene rings is 1. The highest BCUT2D eigenvalue weighted by atomic mass is 16.4. The second kappa shape index (κ2) is 15.9. The molecule has 2 N–H and O–H groups in total. The predicted molar refractivity (Wildman–Crippen MR) is 117 cm³/mol. The lowest BCUT2D eigenvalue weighted by Crippen LogP contribution is -2.00. The summed E-state index contributed by atoms with van der Waals surface area (Å²) >= 11 is 0. The second-order valence-electron chi connectivity index (χ2n) is 6.82. The number of nitrogens with one attached hydrogen (secondary N) is 1. The third-order valence-corrected chi connectivity index (χ3v) is 4.40. The van der Waals surface area contributed by atoms with E-state index in [2.05, 4.69) is 24.0 Å². The molecule has 27 heavy (non-hydrogen) atoms. The van der Waals surface area contributed by atoms with Crippen molar-refractivity contribution in [2.45, 2.75) is 64.2 Å². The summed E-state index contributed by atoms with van der Waals surface area (Å²) in [5.74, 6) is -0.926. The molecule has 0 spiro atoms. The first-order valence-electron chi connectivity index (χ1n) is 10.2. The van der Waals surface area contributed by atoms with E-state index in [0.29, 0.717) is 0 Å². The van der Waals surface area contributed by atoms with Crippen LogP contribution in [0.15, 0.2) is 55.1 Å². The van der Waals surface area contributed by atoms with E-state index in [-0.39, 0.29) is 0 Å². The molecule has 0 heterocycles. The fraction of sp³-hybridized carbons (Fsp3) is 0.458. The molecule has 0 bridgehead atoms. The van der Waals surface area contributed by atoms with Crippen molar-refractivity contribution in [1.29, 1.82) is 0 Å². The fourth-order valence-electron chi connectivity index (χ4n) is 2.83. The molecule has 0 unspecified atom stereocenters. The van der Waals surface area contributed by atoms with Crippen LogP contribution in [-0.4, -0.2) is 17.6 Å². The monoisotopic (exact) mass is 369 g/mol. The molecular weight excluding hydrogens is 334 g/mol. The number of anilines is 1. The Morgan fingerprint density at radius 3 is 2.11 bits per heavy atom. The minimum Gasteiger partial charge on any atom is -0.478 e. The third-order valence-electron chi connectivity index (χ3n) is 4.40. The van der Waals surface area contributed by atoms with Crippen LogP contribution in [0, 0.1) is 0 Å². The average Bonchev–Trinajstić information content (AvgIpc) is 2.67. The Morgan fingerprint density at radius 2 is 1.48 bits per heavy atom. The van der Waals surface area contributed by atoms with E-state index >= 15 is 0 Å². The fourth-order valence-corrected chi connectivity index (χ4v) is 2.83. The Bertz CT molecular complexity index is 573. The molecule has 1 aromatic rings. The normalized spacial score (nSPS) is 11.3. The van der Waals surface area contributed by atoms with Gasteiger partial charge in [-0.05, 0) is 62.3 Å². The number of hydrogen-bond acceptors (Lipinski definition) is 2. The van der Waals surface area contributed by atoms with Crippen LogP contribution in [0.3, 0.4) is 0 Å². The molecule has 3 heteroatoms. The first-order valence-corrected chi connectivity index (χ1v) is 10.2. The Hall–Kier alpha value is -2.29. The van der Waals surface area contributed by atoms with Gasteiger partial charge in [-0.1, -0.05) is 56.0 Å². The number of carboxylic acids is 1. The van der Waals surface area contributed by atoms with Crippen molar-refractivity contribution in [2.75, 3.05) is 11.9 Å². The van der Waals surface area contributed by atoms with Gasteiger partial charge in [0.1, 0.15) is 0 Å². The minimum atomic E-state index is -0.926. The molecule has 1 aromatic carbocycles. The highest BCUT2D eigenvalue weighted by Gasteiger charge is 1.93. The molecule has 0 aliphatic carbocycles. The van der Waals surface area contributed by atoms with Gasteiger partial charge in [-0.2, -0.15) is 0 Å². The summed E-state index contributed by atoms with van der Waals surface area (Å²) < 4.78 is 0. The number of rotatable bonds is 16. The van der Waals surface area contributed by atoms with Crippen molar-refractivity contribution in [3.63, 3.8) is 0 Å². The number of hydrogen-bond donors (Lipinski definition) is 2.